The standard InChI is InChI=1S/C22H20F3N7O2.C2H6.H2/c1-34-16-5-3-15(4-6-16)32-19-14(9-28-21(30-19)29-11-22(23,24)25)8-17(20(32)33)13-2-7-18(27)31(10-13)12-26;1-2;/h2-10,12,21,26-27,29-30H,11H2,1H3;1-2H3;1H. The van der Waals surface area contributed by atoms with Crippen LogP contribution < -0.4 is 26.4 Å². The maximum absolute atomic E-state index is 13.6. The largest absolute Gasteiger partial charge is 0.497 e. The van der Waals surface area contributed by atoms with E-state index >= 15 is 0 Å². The quantitative estimate of drug-likeness (QED) is 0.302. The molecular formula is C24H28F3N7O2. The molecule has 192 valence electrons. The molecule has 3 aromatic rings. The monoisotopic (exact) mass is 503 g/mol. The summed E-state index contributed by atoms with van der Waals surface area (Å²) in [6.07, 6.45) is -1.69. The predicted molar refractivity (Wildman–Crippen MR) is 135 cm³/mol. The second kappa shape index (κ2) is 11.0. The summed E-state index contributed by atoms with van der Waals surface area (Å²) in [5, 5.41) is 20.5. The van der Waals surface area contributed by atoms with Gasteiger partial charge >= 0.3 is 6.18 Å². The summed E-state index contributed by atoms with van der Waals surface area (Å²) in [7, 11) is 1.51. The van der Waals surface area contributed by atoms with Gasteiger partial charge in [-0.3, -0.25) is 35.1 Å². The molecular weight excluding hydrogens is 475 g/mol. The second-order valence-corrected chi connectivity index (χ2v) is 7.36. The Kier molecular flexibility index (Phi) is 8.10. The fourth-order valence-electron chi connectivity index (χ4n) is 3.49. The van der Waals surface area contributed by atoms with Gasteiger partial charge in [0.1, 0.15) is 17.1 Å². The Labute approximate surface area is 206 Å². The number of aliphatic imine (C=N–C) groups is 1. The topological polar surface area (TPSA) is 120 Å². The van der Waals surface area contributed by atoms with E-state index in [2.05, 4.69) is 15.6 Å². The first-order valence-corrected chi connectivity index (χ1v) is 11.0. The first kappa shape index (κ1) is 26.4. The van der Waals surface area contributed by atoms with Gasteiger partial charge in [0.15, 0.2) is 6.29 Å². The van der Waals surface area contributed by atoms with Crippen LogP contribution in [0.15, 0.2) is 58.4 Å². The summed E-state index contributed by atoms with van der Waals surface area (Å²) in [5.74, 6) is 0.838. The summed E-state index contributed by atoms with van der Waals surface area (Å²) in [6, 6.07) is 11.2. The zero-order chi connectivity index (χ0) is 26.5. The molecule has 0 aliphatic carbocycles. The van der Waals surface area contributed by atoms with Gasteiger partial charge in [0.2, 0.25) is 0 Å². The van der Waals surface area contributed by atoms with Crippen molar-refractivity contribution in [1.29, 1.82) is 10.8 Å². The Balaban J connectivity index is 0.00000157. The molecule has 3 heterocycles. The van der Waals surface area contributed by atoms with Gasteiger partial charge < -0.3 is 10.1 Å². The predicted octanol–water partition coefficient (Wildman–Crippen LogP) is 3.80. The summed E-state index contributed by atoms with van der Waals surface area (Å²) < 4.78 is 45.8. The van der Waals surface area contributed by atoms with Crippen molar-refractivity contribution >= 4 is 18.4 Å². The van der Waals surface area contributed by atoms with Crippen LogP contribution in [0.5, 0.6) is 5.75 Å². The summed E-state index contributed by atoms with van der Waals surface area (Å²) >= 11 is 0. The fourth-order valence-corrected chi connectivity index (χ4v) is 3.49. The van der Waals surface area contributed by atoms with Crippen molar-refractivity contribution in [2.45, 2.75) is 26.3 Å². The molecule has 0 saturated carbocycles. The van der Waals surface area contributed by atoms with Crippen LogP contribution in [0, 0.1) is 10.8 Å². The van der Waals surface area contributed by atoms with Gasteiger partial charge in [-0.1, -0.05) is 13.8 Å². The Morgan fingerprint density at radius 3 is 2.53 bits per heavy atom. The molecule has 4 N–H and O–H groups in total. The molecule has 0 radical (unpaired) electrons. The molecule has 12 heteroatoms. The first-order valence-electron chi connectivity index (χ1n) is 11.0. The Hall–Kier alpha value is -4.19. The minimum atomic E-state index is -4.43. The molecule has 1 aromatic carbocycles. The maximum atomic E-state index is 13.6. The van der Waals surface area contributed by atoms with Crippen LogP contribution in [0.1, 0.15) is 20.8 Å². The molecule has 0 saturated heterocycles. The maximum Gasteiger partial charge on any atom is 0.401 e. The van der Waals surface area contributed by atoms with Gasteiger partial charge in [-0.05, 0) is 42.5 Å². The van der Waals surface area contributed by atoms with Crippen LogP contribution in [0.3, 0.4) is 0 Å². The number of fused-ring (bicyclic) bond motifs is 1. The molecule has 4 rings (SSSR count). The van der Waals surface area contributed by atoms with E-state index in [1.165, 1.54) is 34.7 Å². The lowest BCUT2D eigenvalue weighted by Crippen LogP contribution is -2.43. The number of hydrogen-bond donors (Lipinski definition) is 4. The number of anilines is 1. The smallest absolute Gasteiger partial charge is 0.401 e. The van der Waals surface area contributed by atoms with Gasteiger partial charge in [0, 0.05) is 30.5 Å². The van der Waals surface area contributed by atoms with Crippen LogP contribution in [0.4, 0.5) is 19.0 Å². The molecule has 2 aromatic heterocycles. The minimum absolute atomic E-state index is 0. The third-order valence-electron chi connectivity index (χ3n) is 5.12. The lowest BCUT2D eigenvalue weighted by atomic mass is 10.1. The van der Waals surface area contributed by atoms with E-state index in [9.17, 15) is 18.0 Å². The highest BCUT2D eigenvalue weighted by atomic mass is 19.4. The van der Waals surface area contributed by atoms with Crippen molar-refractivity contribution in [3.05, 3.63) is 70.1 Å². The summed E-state index contributed by atoms with van der Waals surface area (Å²) in [5.41, 5.74) is 1.27. The van der Waals surface area contributed by atoms with Crippen molar-refractivity contribution in [3.63, 3.8) is 0 Å². The van der Waals surface area contributed by atoms with Gasteiger partial charge in [0.25, 0.3) is 5.56 Å². The Morgan fingerprint density at radius 2 is 1.92 bits per heavy atom. The zero-order valence-electron chi connectivity index (χ0n) is 19.8. The number of pyridine rings is 2. The number of hydrogen-bond acceptors (Lipinski definition) is 7. The minimum Gasteiger partial charge on any atom is -0.497 e. The van der Waals surface area contributed by atoms with E-state index in [1.54, 1.807) is 36.4 Å². The summed E-state index contributed by atoms with van der Waals surface area (Å²) in [6.45, 7) is 2.74. The Bertz CT molecular complexity index is 1380. The molecule has 1 aliphatic heterocycles. The highest BCUT2D eigenvalue weighted by molar-refractivity contribution is 5.91. The third kappa shape index (κ3) is 5.71. The average Bonchev–Trinajstić information content (AvgIpc) is 2.88. The number of alkyl halides is 3. The SMILES string of the molecule is CC.COc1ccc(-n2c3c(cc(-c4ccc(=N)n(C=N)c4)c2=O)C=NC(NCC(F)(F)F)N3)cc1.[HH]. The van der Waals surface area contributed by atoms with Crippen molar-refractivity contribution in [1.82, 2.24) is 14.5 Å². The van der Waals surface area contributed by atoms with Gasteiger partial charge in [-0.15, -0.1) is 0 Å². The number of halogens is 3. The molecule has 1 aliphatic rings. The van der Waals surface area contributed by atoms with Crippen LogP contribution in [0.25, 0.3) is 16.8 Å². The number of nitrogens with one attached hydrogen (secondary N) is 4. The molecule has 0 fully saturated rings. The molecule has 9 nitrogen and oxygen atoms in total. The number of benzene rings is 1. The zero-order valence-corrected chi connectivity index (χ0v) is 19.8. The Morgan fingerprint density at radius 1 is 1.22 bits per heavy atom. The van der Waals surface area contributed by atoms with Crippen LogP contribution in [-0.4, -0.2) is 47.8 Å². The summed E-state index contributed by atoms with van der Waals surface area (Å²) in [4.78, 5) is 17.7. The molecule has 1 atom stereocenters. The van der Waals surface area contributed by atoms with Crippen LogP contribution in [-0.2, 0) is 0 Å². The van der Waals surface area contributed by atoms with Crippen LogP contribution >= 0.6 is 0 Å². The van der Waals surface area contributed by atoms with Crippen molar-refractivity contribution in [3.8, 4) is 22.6 Å². The van der Waals surface area contributed by atoms with Gasteiger partial charge in [0.05, 0.1) is 25.7 Å². The highest BCUT2D eigenvalue weighted by Gasteiger charge is 2.29. The average molecular weight is 504 g/mol. The van der Waals surface area contributed by atoms with E-state index in [4.69, 9.17) is 15.6 Å². The first-order chi connectivity index (χ1) is 17.2. The lowest BCUT2D eigenvalue weighted by Gasteiger charge is -2.26. The number of rotatable bonds is 6. The van der Waals surface area contributed by atoms with E-state index in [0.717, 1.165) is 6.34 Å². The van der Waals surface area contributed by atoms with E-state index in [1.807, 2.05) is 13.8 Å². The second-order valence-electron chi connectivity index (χ2n) is 7.36. The van der Waals surface area contributed by atoms with Crippen molar-refractivity contribution < 1.29 is 19.3 Å². The number of nitrogens with zero attached hydrogens (tertiary/aromatic N) is 3. The number of aromatic nitrogens is 2. The van der Waals surface area contributed by atoms with E-state index in [0.29, 0.717) is 22.6 Å². The van der Waals surface area contributed by atoms with E-state index in [-0.39, 0.29) is 18.3 Å². The number of ether oxygens (including phenoxy) is 1. The molecule has 0 amide bonds. The van der Waals surface area contributed by atoms with Gasteiger partial charge in [-0.25, -0.2) is 0 Å². The normalized spacial score (nSPS) is 14.2. The van der Waals surface area contributed by atoms with E-state index < -0.39 is 24.6 Å². The van der Waals surface area contributed by atoms with Crippen molar-refractivity contribution in [2.75, 3.05) is 19.0 Å². The lowest BCUT2D eigenvalue weighted by molar-refractivity contribution is -0.125. The fraction of sp³-hybridized carbons (Fsp3) is 0.250. The molecule has 36 heavy (non-hydrogen) atoms. The van der Waals surface area contributed by atoms with Crippen LogP contribution in [0.2, 0.25) is 0 Å². The van der Waals surface area contributed by atoms with Crippen molar-refractivity contribution in [2.24, 2.45) is 4.99 Å². The molecule has 0 spiro atoms. The molecule has 1 unspecified atom stereocenters. The van der Waals surface area contributed by atoms with Gasteiger partial charge in [-0.2, -0.15) is 13.2 Å². The third-order valence-corrected chi connectivity index (χ3v) is 5.12. The highest BCUT2D eigenvalue weighted by Crippen LogP contribution is 2.27. The molecule has 0 bridgehead atoms. The number of methoxy groups -OCH3 is 1.